The van der Waals surface area contributed by atoms with Crippen molar-refractivity contribution >= 4 is 23.5 Å². The highest BCUT2D eigenvalue weighted by molar-refractivity contribution is 6.27. The van der Waals surface area contributed by atoms with Gasteiger partial charge in [-0.2, -0.15) is 13.2 Å². The van der Waals surface area contributed by atoms with Crippen LogP contribution in [0.2, 0.25) is 0 Å². The predicted octanol–water partition coefficient (Wildman–Crippen LogP) is 2.02. The number of imide groups is 1. The van der Waals surface area contributed by atoms with Crippen LogP contribution < -0.4 is 15.5 Å². The average Bonchev–Trinajstić information content (AvgIpc) is 3.21. The summed E-state index contributed by atoms with van der Waals surface area (Å²) in [4.78, 5) is 37.8. The fourth-order valence-electron chi connectivity index (χ4n) is 3.19. The van der Waals surface area contributed by atoms with Crippen molar-refractivity contribution in [2.24, 2.45) is 0 Å². The molecular formula is C16H9F4N3O4. The standard InChI is InChI=1S/C16H9F4N3O4/c17-7-1-3-10-9(5-7)15(12(24)21-14(26)22-15)13(25)23(10)6-8-2-4-11(27-8)16(18,19)20/h1-5H,6H2,(H2,21,22,24,26). The summed E-state index contributed by atoms with van der Waals surface area (Å²) in [5, 5.41) is 4.11. The Balaban J connectivity index is 1.77. The highest BCUT2D eigenvalue weighted by Crippen LogP contribution is 2.43. The van der Waals surface area contributed by atoms with Crippen LogP contribution >= 0.6 is 0 Å². The minimum absolute atomic E-state index is 0.0729. The van der Waals surface area contributed by atoms with Gasteiger partial charge in [0.15, 0.2) is 0 Å². The van der Waals surface area contributed by atoms with Gasteiger partial charge in [0.25, 0.3) is 11.8 Å². The molecule has 3 heterocycles. The maximum absolute atomic E-state index is 13.7. The molecule has 2 N–H and O–H groups in total. The molecule has 0 aliphatic carbocycles. The Hall–Kier alpha value is -3.37. The first-order chi connectivity index (χ1) is 12.6. The number of nitrogens with zero attached hydrogens (tertiary/aromatic N) is 1. The number of carbonyl (C=O) groups is 3. The van der Waals surface area contributed by atoms with Crippen LogP contribution in [-0.4, -0.2) is 17.8 Å². The number of nitrogens with one attached hydrogen (secondary N) is 2. The molecule has 140 valence electrons. The first-order valence-corrected chi connectivity index (χ1v) is 7.54. The molecule has 27 heavy (non-hydrogen) atoms. The molecule has 2 aliphatic heterocycles. The highest BCUT2D eigenvalue weighted by Gasteiger charge is 2.61. The first kappa shape index (κ1) is 17.1. The maximum Gasteiger partial charge on any atom is 0.449 e. The van der Waals surface area contributed by atoms with Crippen molar-refractivity contribution in [2.75, 3.05) is 4.90 Å². The lowest BCUT2D eigenvalue weighted by Crippen LogP contribution is -2.52. The normalized spacial score (nSPS) is 21.6. The van der Waals surface area contributed by atoms with Gasteiger partial charge >= 0.3 is 12.2 Å². The third kappa shape index (κ3) is 2.38. The number of carbonyl (C=O) groups excluding carboxylic acids is 3. The molecule has 4 amide bonds. The van der Waals surface area contributed by atoms with Crippen molar-refractivity contribution in [3.63, 3.8) is 0 Å². The second-order valence-electron chi connectivity index (χ2n) is 5.97. The summed E-state index contributed by atoms with van der Waals surface area (Å²) in [6, 6.07) is 3.95. The van der Waals surface area contributed by atoms with E-state index in [9.17, 15) is 31.9 Å². The summed E-state index contributed by atoms with van der Waals surface area (Å²) in [6.07, 6.45) is -4.70. The Kier molecular flexibility index (Phi) is 3.36. The minimum Gasteiger partial charge on any atom is -0.455 e. The van der Waals surface area contributed by atoms with Gasteiger partial charge in [-0.25, -0.2) is 9.18 Å². The van der Waals surface area contributed by atoms with Gasteiger partial charge < -0.3 is 14.6 Å². The van der Waals surface area contributed by atoms with E-state index in [0.717, 1.165) is 23.1 Å². The summed E-state index contributed by atoms with van der Waals surface area (Å²) in [5.74, 6) is -4.13. The second-order valence-corrected chi connectivity index (χ2v) is 5.97. The molecular weight excluding hydrogens is 374 g/mol. The summed E-state index contributed by atoms with van der Waals surface area (Å²) in [6.45, 7) is -0.446. The van der Waals surface area contributed by atoms with Crippen LogP contribution in [0.4, 0.5) is 28.0 Å². The van der Waals surface area contributed by atoms with E-state index in [2.05, 4.69) is 5.32 Å². The van der Waals surface area contributed by atoms with Crippen LogP contribution in [0.1, 0.15) is 17.1 Å². The number of rotatable bonds is 2. The molecule has 1 aromatic heterocycles. The number of fused-ring (bicyclic) bond motifs is 2. The molecule has 1 saturated heterocycles. The summed E-state index contributed by atoms with van der Waals surface area (Å²) in [7, 11) is 0. The van der Waals surface area contributed by atoms with Crippen molar-refractivity contribution in [3.8, 4) is 0 Å². The Labute approximate surface area is 147 Å². The van der Waals surface area contributed by atoms with E-state index < -0.39 is 47.7 Å². The number of amides is 4. The Morgan fingerprint density at radius 3 is 2.44 bits per heavy atom. The Morgan fingerprint density at radius 2 is 1.85 bits per heavy atom. The topological polar surface area (TPSA) is 91.7 Å². The van der Waals surface area contributed by atoms with E-state index in [4.69, 9.17) is 4.42 Å². The zero-order chi connectivity index (χ0) is 19.6. The van der Waals surface area contributed by atoms with Crippen LogP contribution in [0.3, 0.4) is 0 Å². The molecule has 2 aromatic rings. The average molecular weight is 383 g/mol. The fourth-order valence-corrected chi connectivity index (χ4v) is 3.19. The largest absolute Gasteiger partial charge is 0.455 e. The molecule has 1 atom stereocenters. The van der Waals surface area contributed by atoms with E-state index in [1.165, 1.54) is 6.07 Å². The van der Waals surface area contributed by atoms with Crippen LogP contribution in [0.15, 0.2) is 34.7 Å². The molecule has 0 bridgehead atoms. The fraction of sp³-hybridized carbons (Fsp3) is 0.188. The van der Waals surface area contributed by atoms with E-state index in [-0.39, 0.29) is 17.0 Å². The first-order valence-electron chi connectivity index (χ1n) is 7.54. The lowest BCUT2D eigenvalue weighted by atomic mass is 9.91. The van der Waals surface area contributed by atoms with Gasteiger partial charge in [-0.1, -0.05) is 0 Å². The summed E-state index contributed by atoms with van der Waals surface area (Å²) in [5.41, 5.74) is -2.21. The van der Waals surface area contributed by atoms with Gasteiger partial charge in [0.2, 0.25) is 11.3 Å². The summed E-state index contributed by atoms with van der Waals surface area (Å²) < 4.78 is 56.5. The molecule has 1 spiro atoms. The van der Waals surface area contributed by atoms with E-state index in [0.29, 0.717) is 6.07 Å². The quantitative estimate of drug-likeness (QED) is 0.472. The molecule has 0 saturated carbocycles. The second kappa shape index (κ2) is 5.32. The molecule has 1 aromatic carbocycles. The molecule has 4 rings (SSSR count). The smallest absolute Gasteiger partial charge is 0.449 e. The van der Waals surface area contributed by atoms with Crippen LogP contribution in [0.5, 0.6) is 0 Å². The molecule has 2 aliphatic rings. The van der Waals surface area contributed by atoms with Gasteiger partial charge in [0, 0.05) is 5.56 Å². The van der Waals surface area contributed by atoms with Crippen LogP contribution in [0.25, 0.3) is 0 Å². The predicted molar refractivity (Wildman–Crippen MR) is 79.7 cm³/mol. The van der Waals surface area contributed by atoms with Crippen molar-refractivity contribution < 1.29 is 36.4 Å². The number of hydrogen-bond donors (Lipinski definition) is 2. The number of furan rings is 1. The number of benzene rings is 1. The number of urea groups is 1. The molecule has 1 fully saturated rings. The van der Waals surface area contributed by atoms with Gasteiger partial charge in [0.1, 0.15) is 11.6 Å². The van der Waals surface area contributed by atoms with Gasteiger partial charge in [0.05, 0.1) is 12.2 Å². The number of alkyl halides is 3. The van der Waals surface area contributed by atoms with Gasteiger partial charge in [-0.15, -0.1) is 0 Å². The third-order valence-electron chi connectivity index (χ3n) is 4.34. The van der Waals surface area contributed by atoms with Crippen LogP contribution in [0, 0.1) is 5.82 Å². The van der Waals surface area contributed by atoms with E-state index in [1.807, 2.05) is 5.32 Å². The third-order valence-corrected chi connectivity index (χ3v) is 4.34. The SMILES string of the molecule is O=C1NC(=O)C2(N1)C(=O)N(Cc1ccc(C(F)(F)F)o1)c1ccc(F)cc12. The molecule has 1 unspecified atom stereocenters. The molecule has 7 nitrogen and oxygen atoms in total. The maximum atomic E-state index is 13.7. The monoisotopic (exact) mass is 383 g/mol. The zero-order valence-electron chi connectivity index (χ0n) is 13.2. The van der Waals surface area contributed by atoms with Crippen molar-refractivity contribution in [1.29, 1.82) is 0 Å². The summed E-state index contributed by atoms with van der Waals surface area (Å²) >= 11 is 0. The van der Waals surface area contributed by atoms with Gasteiger partial charge in [-0.05, 0) is 30.3 Å². The van der Waals surface area contributed by atoms with Crippen molar-refractivity contribution in [2.45, 2.75) is 18.3 Å². The van der Waals surface area contributed by atoms with Crippen molar-refractivity contribution in [3.05, 3.63) is 53.2 Å². The Morgan fingerprint density at radius 1 is 1.11 bits per heavy atom. The molecule has 0 radical (unpaired) electrons. The van der Waals surface area contributed by atoms with Gasteiger partial charge in [-0.3, -0.25) is 14.9 Å². The lowest BCUT2D eigenvalue weighted by Gasteiger charge is -2.20. The van der Waals surface area contributed by atoms with Crippen LogP contribution in [-0.2, 0) is 27.8 Å². The number of anilines is 1. The van der Waals surface area contributed by atoms with Crippen molar-refractivity contribution in [1.82, 2.24) is 10.6 Å². The number of halogens is 4. The zero-order valence-corrected chi connectivity index (χ0v) is 13.2. The Bertz CT molecular complexity index is 1000. The van der Waals surface area contributed by atoms with E-state index in [1.54, 1.807) is 0 Å². The highest BCUT2D eigenvalue weighted by atomic mass is 19.4. The van der Waals surface area contributed by atoms with E-state index >= 15 is 0 Å². The number of hydrogen-bond acceptors (Lipinski definition) is 4. The molecule has 11 heteroatoms. The minimum atomic E-state index is -4.70. The lowest BCUT2D eigenvalue weighted by molar-refractivity contribution is -0.153.